The molecule has 5 heteroatoms. The van der Waals surface area contributed by atoms with E-state index >= 15 is 0 Å². The highest BCUT2D eigenvalue weighted by atomic mass is 19.1. The predicted octanol–water partition coefficient (Wildman–Crippen LogP) is 3.43. The Kier molecular flexibility index (Phi) is 6.22. The monoisotopic (exact) mass is 368 g/mol. The van der Waals surface area contributed by atoms with Gasteiger partial charge in [0.25, 0.3) is 5.91 Å². The van der Waals surface area contributed by atoms with Gasteiger partial charge < -0.3 is 10.2 Å². The Bertz CT molecular complexity index is 786. The largest absolute Gasteiger partial charge is 0.341 e. The zero-order valence-corrected chi connectivity index (χ0v) is 15.5. The van der Waals surface area contributed by atoms with Crippen molar-refractivity contribution in [3.05, 3.63) is 71.5 Å². The lowest BCUT2D eigenvalue weighted by Gasteiger charge is -2.33. The van der Waals surface area contributed by atoms with Gasteiger partial charge in [0.2, 0.25) is 5.91 Å². The number of hydrogen-bond acceptors (Lipinski definition) is 2. The van der Waals surface area contributed by atoms with Gasteiger partial charge >= 0.3 is 0 Å². The molecular formula is C22H25FN2O2. The van der Waals surface area contributed by atoms with Crippen LogP contribution in [0.1, 0.15) is 35.7 Å². The number of carbonyl (C=O) groups is 2. The Labute approximate surface area is 159 Å². The van der Waals surface area contributed by atoms with Crippen LogP contribution in [0.3, 0.4) is 0 Å². The molecule has 1 atom stereocenters. The number of likely N-dealkylation sites (tertiary alicyclic amines) is 1. The zero-order chi connectivity index (χ0) is 19.2. The Balaban J connectivity index is 1.50. The van der Waals surface area contributed by atoms with Crippen LogP contribution in [0.25, 0.3) is 0 Å². The molecule has 3 rings (SSSR count). The lowest BCUT2D eigenvalue weighted by molar-refractivity contribution is -0.134. The van der Waals surface area contributed by atoms with Crippen molar-refractivity contribution in [3.63, 3.8) is 0 Å². The molecule has 27 heavy (non-hydrogen) atoms. The van der Waals surface area contributed by atoms with E-state index in [1.165, 1.54) is 23.8 Å². The highest BCUT2D eigenvalue weighted by molar-refractivity contribution is 5.97. The van der Waals surface area contributed by atoms with E-state index in [0.717, 1.165) is 19.3 Å². The van der Waals surface area contributed by atoms with Gasteiger partial charge in [-0.25, -0.2) is 4.39 Å². The first-order valence-corrected chi connectivity index (χ1v) is 9.42. The van der Waals surface area contributed by atoms with Crippen LogP contribution in [0.2, 0.25) is 0 Å². The van der Waals surface area contributed by atoms with Crippen molar-refractivity contribution in [3.8, 4) is 0 Å². The first-order chi connectivity index (χ1) is 13.0. The summed E-state index contributed by atoms with van der Waals surface area (Å²) in [7, 11) is 0. The van der Waals surface area contributed by atoms with Crippen molar-refractivity contribution in [1.29, 1.82) is 0 Å². The number of hydrogen-bond donors (Lipinski definition) is 1. The van der Waals surface area contributed by atoms with Gasteiger partial charge in [-0.15, -0.1) is 0 Å². The van der Waals surface area contributed by atoms with E-state index in [1.54, 1.807) is 17.9 Å². The van der Waals surface area contributed by atoms with E-state index in [9.17, 15) is 14.0 Å². The number of nitrogens with one attached hydrogen (secondary N) is 1. The minimum atomic E-state index is -0.678. The third-order valence-corrected chi connectivity index (χ3v) is 5.13. The Morgan fingerprint density at radius 2 is 1.70 bits per heavy atom. The molecule has 1 fully saturated rings. The van der Waals surface area contributed by atoms with Gasteiger partial charge in [-0.2, -0.15) is 0 Å². The molecule has 4 nitrogen and oxygen atoms in total. The fraction of sp³-hybridized carbons (Fsp3) is 0.364. The van der Waals surface area contributed by atoms with Gasteiger partial charge in [-0.1, -0.05) is 42.5 Å². The molecule has 0 spiro atoms. The Morgan fingerprint density at radius 1 is 1.07 bits per heavy atom. The molecule has 2 amide bonds. The average Bonchev–Trinajstić information content (AvgIpc) is 2.69. The third kappa shape index (κ3) is 4.94. The van der Waals surface area contributed by atoms with E-state index < -0.39 is 17.8 Å². The second-order valence-electron chi connectivity index (χ2n) is 7.13. The lowest BCUT2D eigenvalue weighted by Crippen LogP contribution is -2.49. The van der Waals surface area contributed by atoms with E-state index in [4.69, 9.17) is 0 Å². The van der Waals surface area contributed by atoms with Gasteiger partial charge in [-0.05, 0) is 49.8 Å². The Hall–Kier alpha value is -2.69. The van der Waals surface area contributed by atoms with Crippen LogP contribution in [0, 0.1) is 11.7 Å². The summed E-state index contributed by atoms with van der Waals surface area (Å²) >= 11 is 0. The highest BCUT2D eigenvalue weighted by Gasteiger charge is 2.27. The van der Waals surface area contributed by atoms with E-state index in [1.807, 2.05) is 18.2 Å². The number of nitrogens with zero attached hydrogens (tertiary/aromatic N) is 1. The Morgan fingerprint density at radius 3 is 2.37 bits per heavy atom. The number of carbonyl (C=O) groups excluding carboxylic acids is 2. The lowest BCUT2D eigenvalue weighted by atomic mass is 9.90. The van der Waals surface area contributed by atoms with Gasteiger partial charge in [0.15, 0.2) is 0 Å². The smallest absolute Gasteiger partial charge is 0.254 e. The third-order valence-electron chi connectivity index (χ3n) is 5.13. The van der Waals surface area contributed by atoms with Crippen molar-refractivity contribution < 1.29 is 14.0 Å². The second-order valence-corrected chi connectivity index (χ2v) is 7.13. The summed E-state index contributed by atoms with van der Waals surface area (Å²) in [6.45, 7) is 3.03. The minimum absolute atomic E-state index is 0.0429. The van der Waals surface area contributed by atoms with Crippen molar-refractivity contribution in [2.75, 3.05) is 13.1 Å². The molecule has 0 unspecified atom stereocenters. The molecule has 1 aliphatic heterocycles. The number of halogens is 1. The molecule has 0 aromatic heterocycles. The van der Waals surface area contributed by atoms with Crippen LogP contribution < -0.4 is 5.32 Å². The van der Waals surface area contributed by atoms with Crippen LogP contribution in [-0.2, 0) is 11.2 Å². The molecule has 1 heterocycles. The molecule has 0 bridgehead atoms. The molecule has 2 aromatic rings. The van der Waals surface area contributed by atoms with Crippen molar-refractivity contribution in [2.24, 2.45) is 5.92 Å². The predicted molar refractivity (Wildman–Crippen MR) is 103 cm³/mol. The molecule has 2 aromatic carbocycles. The summed E-state index contributed by atoms with van der Waals surface area (Å²) in [4.78, 5) is 26.6. The van der Waals surface area contributed by atoms with Crippen molar-refractivity contribution in [2.45, 2.75) is 32.2 Å². The quantitative estimate of drug-likeness (QED) is 0.879. The number of rotatable bonds is 5. The molecule has 1 aliphatic rings. The van der Waals surface area contributed by atoms with Crippen molar-refractivity contribution in [1.82, 2.24) is 10.2 Å². The van der Waals surface area contributed by atoms with Gasteiger partial charge in [0, 0.05) is 13.1 Å². The number of benzene rings is 2. The zero-order valence-electron chi connectivity index (χ0n) is 15.5. The number of amides is 2. The SMILES string of the molecule is C[C@@H](NC(=O)c1ccccc1F)C(=O)N1CCC(Cc2ccccc2)CC1. The fourth-order valence-corrected chi connectivity index (χ4v) is 3.56. The molecule has 142 valence electrons. The molecule has 1 N–H and O–H groups in total. The van der Waals surface area contributed by atoms with E-state index in [0.29, 0.717) is 19.0 Å². The van der Waals surface area contributed by atoms with Crippen LogP contribution in [0.4, 0.5) is 4.39 Å². The van der Waals surface area contributed by atoms with Gasteiger partial charge in [0.1, 0.15) is 11.9 Å². The molecule has 0 saturated carbocycles. The highest BCUT2D eigenvalue weighted by Crippen LogP contribution is 2.22. The van der Waals surface area contributed by atoms with Gasteiger partial charge in [-0.3, -0.25) is 9.59 Å². The molecule has 1 saturated heterocycles. The molecule has 0 radical (unpaired) electrons. The summed E-state index contributed by atoms with van der Waals surface area (Å²) in [5.41, 5.74) is 1.28. The maximum atomic E-state index is 13.7. The van der Waals surface area contributed by atoms with Gasteiger partial charge in [0.05, 0.1) is 5.56 Å². The first-order valence-electron chi connectivity index (χ1n) is 9.42. The summed E-state index contributed by atoms with van der Waals surface area (Å²) in [5, 5.41) is 2.61. The minimum Gasteiger partial charge on any atom is -0.341 e. The normalized spacial score (nSPS) is 16.0. The second kappa shape index (κ2) is 8.80. The fourth-order valence-electron chi connectivity index (χ4n) is 3.56. The van der Waals surface area contributed by atoms with E-state index in [2.05, 4.69) is 17.4 Å². The first kappa shape index (κ1) is 19.1. The topological polar surface area (TPSA) is 49.4 Å². The standard InChI is InChI=1S/C22H25FN2O2/c1-16(24-21(26)19-9-5-6-10-20(19)23)22(27)25-13-11-18(12-14-25)15-17-7-3-2-4-8-17/h2-10,16,18H,11-15H2,1H3,(H,24,26)/t16-/m1/s1. The van der Waals surface area contributed by atoms with Crippen molar-refractivity contribution >= 4 is 11.8 Å². The van der Waals surface area contributed by atoms with E-state index in [-0.39, 0.29) is 11.5 Å². The molecule has 0 aliphatic carbocycles. The van der Waals surface area contributed by atoms with Crippen LogP contribution in [0.5, 0.6) is 0 Å². The summed E-state index contributed by atoms with van der Waals surface area (Å²) < 4.78 is 13.7. The number of piperidine rings is 1. The average molecular weight is 368 g/mol. The van der Waals surface area contributed by atoms with Crippen LogP contribution in [-0.4, -0.2) is 35.8 Å². The summed E-state index contributed by atoms with van der Waals surface area (Å²) in [6, 6.07) is 15.5. The van der Waals surface area contributed by atoms with Crippen LogP contribution in [0.15, 0.2) is 54.6 Å². The maximum absolute atomic E-state index is 13.7. The summed E-state index contributed by atoms with van der Waals surface area (Å²) in [5.74, 6) is -0.693. The molecular weight excluding hydrogens is 343 g/mol. The summed E-state index contributed by atoms with van der Waals surface area (Å²) in [6.07, 6.45) is 2.94. The van der Waals surface area contributed by atoms with Crippen LogP contribution >= 0.6 is 0 Å². The maximum Gasteiger partial charge on any atom is 0.254 e.